The van der Waals surface area contributed by atoms with Gasteiger partial charge in [-0.15, -0.1) is 0 Å². The van der Waals surface area contributed by atoms with Crippen molar-refractivity contribution in [2.24, 2.45) is 0 Å². The molecule has 1 heterocycles. The van der Waals surface area contributed by atoms with Crippen molar-refractivity contribution >= 4 is 17.4 Å². The van der Waals surface area contributed by atoms with E-state index in [0.29, 0.717) is 23.5 Å². The van der Waals surface area contributed by atoms with E-state index in [9.17, 15) is 19.8 Å². The van der Waals surface area contributed by atoms with Gasteiger partial charge in [-0.2, -0.15) is 0 Å². The van der Waals surface area contributed by atoms with E-state index in [1.165, 1.54) is 25.2 Å². The van der Waals surface area contributed by atoms with E-state index in [0.717, 1.165) is 11.1 Å². The number of ether oxygens (including phenoxy) is 3. The lowest BCUT2D eigenvalue weighted by atomic mass is 9.95. The van der Waals surface area contributed by atoms with Gasteiger partial charge in [0.05, 0.1) is 25.3 Å². The van der Waals surface area contributed by atoms with Crippen LogP contribution in [0.1, 0.15) is 28.3 Å². The molecular weight excluding hydrogens is 474 g/mol. The van der Waals surface area contributed by atoms with Crippen molar-refractivity contribution < 1.29 is 34.0 Å². The second kappa shape index (κ2) is 11.2. The van der Waals surface area contributed by atoms with Crippen LogP contribution in [0.5, 0.6) is 17.2 Å². The Hall–Kier alpha value is -4.30. The second-order valence-corrected chi connectivity index (χ2v) is 8.72. The number of aromatic hydroxyl groups is 1. The Morgan fingerprint density at radius 1 is 1.00 bits per heavy atom. The number of benzene rings is 3. The molecule has 8 heteroatoms. The number of methoxy groups -OCH3 is 2. The van der Waals surface area contributed by atoms with Crippen molar-refractivity contribution in [2.75, 3.05) is 27.4 Å². The molecule has 0 aromatic heterocycles. The molecule has 0 spiro atoms. The lowest BCUT2D eigenvalue weighted by Gasteiger charge is -2.25. The molecule has 3 aromatic rings. The van der Waals surface area contributed by atoms with Crippen LogP contribution in [0.4, 0.5) is 0 Å². The highest BCUT2D eigenvalue weighted by Gasteiger charge is 2.46. The minimum absolute atomic E-state index is 0.0534. The maximum absolute atomic E-state index is 13.1. The van der Waals surface area contributed by atoms with E-state index < -0.39 is 17.7 Å². The number of hydrogen-bond donors (Lipinski definition) is 2. The van der Waals surface area contributed by atoms with Crippen LogP contribution < -0.4 is 9.47 Å². The molecular formula is C29H29NO7. The van der Waals surface area contributed by atoms with E-state index in [4.69, 9.17) is 14.2 Å². The number of carbonyl (C=O) groups is 2. The third kappa shape index (κ3) is 5.44. The Morgan fingerprint density at radius 2 is 1.76 bits per heavy atom. The Bertz CT molecular complexity index is 1330. The van der Waals surface area contributed by atoms with Crippen LogP contribution in [0.3, 0.4) is 0 Å². The molecule has 0 bridgehead atoms. The van der Waals surface area contributed by atoms with Crippen molar-refractivity contribution in [1.29, 1.82) is 0 Å². The number of amides is 1. The number of carbonyl (C=O) groups excluding carboxylic acids is 2. The summed E-state index contributed by atoms with van der Waals surface area (Å²) in [4.78, 5) is 27.4. The van der Waals surface area contributed by atoms with Gasteiger partial charge < -0.3 is 29.3 Å². The van der Waals surface area contributed by atoms with Crippen molar-refractivity contribution in [3.8, 4) is 17.2 Å². The third-order valence-electron chi connectivity index (χ3n) is 6.21. The lowest BCUT2D eigenvalue weighted by Crippen LogP contribution is -2.32. The number of phenolic OH excluding ortho intramolecular Hbond substituents is 1. The molecule has 2 N–H and O–H groups in total. The van der Waals surface area contributed by atoms with Crippen LogP contribution in [0.25, 0.3) is 5.76 Å². The number of Topliss-reactive ketones (excluding diaryl/α,β-unsaturated/α-hetero) is 1. The molecule has 3 aromatic carbocycles. The summed E-state index contributed by atoms with van der Waals surface area (Å²) in [5, 5.41) is 21.3. The van der Waals surface area contributed by atoms with Gasteiger partial charge in [0.1, 0.15) is 18.1 Å². The fraction of sp³-hybridized carbons (Fsp3) is 0.241. The fourth-order valence-corrected chi connectivity index (χ4v) is 4.34. The molecule has 0 radical (unpaired) electrons. The zero-order valence-electron chi connectivity index (χ0n) is 20.9. The zero-order chi connectivity index (χ0) is 26.5. The summed E-state index contributed by atoms with van der Waals surface area (Å²) in [5.41, 5.74) is 2.99. The normalized spacial score (nSPS) is 16.7. The van der Waals surface area contributed by atoms with Gasteiger partial charge in [-0.25, -0.2) is 0 Å². The molecule has 1 fully saturated rings. The van der Waals surface area contributed by atoms with Crippen LogP contribution in [0.15, 0.2) is 72.3 Å². The molecule has 4 rings (SSSR count). The van der Waals surface area contributed by atoms with Crippen molar-refractivity contribution in [3.63, 3.8) is 0 Å². The predicted molar refractivity (Wildman–Crippen MR) is 137 cm³/mol. The van der Waals surface area contributed by atoms with Crippen LogP contribution in [-0.2, 0) is 20.9 Å². The quantitative estimate of drug-likeness (QED) is 0.254. The smallest absolute Gasteiger partial charge is 0.295 e. The molecule has 8 nitrogen and oxygen atoms in total. The van der Waals surface area contributed by atoms with Crippen LogP contribution in [0.2, 0.25) is 0 Å². The molecule has 192 valence electrons. The van der Waals surface area contributed by atoms with E-state index in [2.05, 4.69) is 0 Å². The van der Waals surface area contributed by atoms with Crippen molar-refractivity contribution in [1.82, 2.24) is 4.90 Å². The second-order valence-electron chi connectivity index (χ2n) is 8.72. The number of aryl methyl sites for hydroxylation is 1. The summed E-state index contributed by atoms with van der Waals surface area (Å²) >= 11 is 0. The summed E-state index contributed by atoms with van der Waals surface area (Å²) < 4.78 is 16.2. The first-order chi connectivity index (χ1) is 17.8. The number of ketones is 1. The molecule has 1 amide bonds. The van der Waals surface area contributed by atoms with Crippen molar-refractivity contribution in [2.45, 2.75) is 19.6 Å². The fourth-order valence-electron chi connectivity index (χ4n) is 4.34. The van der Waals surface area contributed by atoms with Crippen molar-refractivity contribution in [3.05, 3.63) is 94.6 Å². The molecule has 1 aliphatic rings. The number of aliphatic hydroxyl groups excluding tert-OH is 1. The number of aliphatic hydroxyl groups is 1. The summed E-state index contributed by atoms with van der Waals surface area (Å²) in [6, 6.07) is 18.3. The zero-order valence-corrected chi connectivity index (χ0v) is 20.9. The molecule has 0 aliphatic carbocycles. The largest absolute Gasteiger partial charge is 0.507 e. The van der Waals surface area contributed by atoms with Gasteiger partial charge in [-0.1, -0.05) is 35.9 Å². The van der Waals surface area contributed by atoms with E-state index in [-0.39, 0.29) is 36.0 Å². The minimum atomic E-state index is -0.887. The topological polar surface area (TPSA) is 106 Å². The summed E-state index contributed by atoms with van der Waals surface area (Å²) in [6.07, 6.45) is 0. The molecule has 1 aliphatic heterocycles. The lowest BCUT2D eigenvalue weighted by molar-refractivity contribution is -0.140. The number of phenols is 1. The third-order valence-corrected chi connectivity index (χ3v) is 6.21. The Kier molecular flexibility index (Phi) is 7.79. The van der Waals surface area contributed by atoms with E-state index in [1.54, 1.807) is 36.4 Å². The highest BCUT2D eigenvalue weighted by Crippen LogP contribution is 2.41. The average molecular weight is 504 g/mol. The van der Waals surface area contributed by atoms with Gasteiger partial charge in [0.15, 0.2) is 11.5 Å². The van der Waals surface area contributed by atoms with Gasteiger partial charge in [-0.05, 0) is 54.4 Å². The van der Waals surface area contributed by atoms with Gasteiger partial charge in [0.2, 0.25) is 0 Å². The van der Waals surface area contributed by atoms with E-state index >= 15 is 0 Å². The summed E-state index contributed by atoms with van der Waals surface area (Å²) in [5.74, 6) is -1.15. The number of hydrogen-bond acceptors (Lipinski definition) is 7. The predicted octanol–water partition coefficient (Wildman–Crippen LogP) is 4.36. The Balaban J connectivity index is 1.67. The van der Waals surface area contributed by atoms with Gasteiger partial charge in [0, 0.05) is 19.2 Å². The first-order valence-corrected chi connectivity index (χ1v) is 11.8. The maximum atomic E-state index is 13.1. The van der Waals surface area contributed by atoms with Crippen LogP contribution in [-0.4, -0.2) is 54.2 Å². The number of nitrogens with zero attached hydrogens (tertiary/aromatic N) is 1. The Labute approximate surface area is 215 Å². The first-order valence-electron chi connectivity index (χ1n) is 11.8. The molecule has 1 saturated heterocycles. The van der Waals surface area contributed by atoms with Gasteiger partial charge in [-0.3, -0.25) is 9.59 Å². The molecule has 0 saturated carbocycles. The van der Waals surface area contributed by atoms with Gasteiger partial charge in [0.25, 0.3) is 11.7 Å². The number of likely N-dealkylation sites (tertiary alicyclic amines) is 1. The van der Waals surface area contributed by atoms with Crippen LogP contribution >= 0.6 is 0 Å². The van der Waals surface area contributed by atoms with Gasteiger partial charge >= 0.3 is 0 Å². The highest BCUT2D eigenvalue weighted by molar-refractivity contribution is 6.46. The summed E-state index contributed by atoms with van der Waals surface area (Å²) in [7, 11) is 2.90. The SMILES string of the molecule is COCCN1C(=O)C(=O)/C(=C(\O)c2ccc(OCc3cccc(C)c3)cc2)C1c1ccc(O)c(OC)c1. The molecule has 37 heavy (non-hydrogen) atoms. The summed E-state index contributed by atoms with van der Waals surface area (Å²) in [6.45, 7) is 2.74. The monoisotopic (exact) mass is 503 g/mol. The average Bonchev–Trinajstić information content (AvgIpc) is 3.16. The highest BCUT2D eigenvalue weighted by atomic mass is 16.5. The van der Waals surface area contributed by atoms with E-state index in [1.807, 2.05) is 31.2 Å². The Morgan fingerprint density at radius 3 is 2.43 bits per heavy atom. The number of rotatable bonds is 9. The molecule has 1 atom stereocenters. The standard InChI is InChI=1S/C29H29NO7/c1-18-5-4-6-19(15-18)17-37-22-10-7-20(8-11-22)27(32)25-26(21-9-12-23(31)24(16-21)36-3)30(13-14-35-2)29(34)28(25)33/h4-12,15-16,26,31-32H,13-14,17H2,1-3H3/b27-25-. The molecule has 1 unspecified atom stereocenters. The first kappa shape index (κ1) is 25.8. The maximum Gasteiger partial charge on any atom is 0.295 e. The minimum Gasteiger partial charge on any atom is -0.507 e. The van der Waals surface area contributed by atoms with Crippen LogP contribution in [0, 0.1) is 6.92 Å².